The number of carbonyl (C=O) groups excluding carboxylic acids is 2. The molecule has 4 rings (SSSR count). The molecule has 9 nitrogen and oxygen atoms in total. The van der Waals surface area contributed by atoms with Gasteiger partial charge in [0, 0.05) is 24.5 Å². The molecule has 1 amide bonds. The molecule has 0 radical (unpaired) electrons. The molecule has 1 aromatic heterocycles. The highest BCUT2D eigenvalue weighted by atomic mass is 16.5. The van der Waals surface area contributed by atoms with E-state index in [0.717, 1.165) is 30.0 Å². The Morgan fingerprint density at radius 1 is 1.06 bits per heavy atom. The lowest BCUT2D eigenvalue weighted by Gasteiger charge is -2.28. The number of anilines is 2. The van der Waals surface area contributed by atoms with E-state index in [4.69, 9.17) is 18.7 Å². The molecule has 1 fully saturated rings. The number of nitrogens with zero attached hydrogens (tertiary/aromatic N) is 2. The third-order valence-corrected chi connectivity index (χ3v) is 5.82. The number of aryl methyl sites for hydroxylation is 2. The molecule has 2 aromatic carbocycles. The second kappa shape index (κ2) is 11.1. The Labute approximate surface area is 203 Å². The molecule has 2 heterocycles. The summed E-state index contributed by atoms with van der Waals surface area (Å²) >= 11 is 0. The van der Waals surface area contributed by atoms with Crippen molar-refractivity contribution in [2.45, 2.75) is 33.5 Å². The summed E-state index contributed by atoms with van der Waals surface area (Å²) in [5, 5.41) is 6.69. The van der Waals surface area contributed by atoms with Crippen molar-refractivity contribution in [3.8, 4) is 5.75 Å². The predicted molar refractivity (Wildman–Crippen MR) is 130 cm³/mol. The monoisotopic (exact) mass is 479 g/mol. The molecule has 0 aliphatic carbocycles. The van der Waals surface area contributed by atoms with Crippen LogP contribution in [0.4, 0.5) is 11.4 Å². The topological polar surface area (TPSA) is 103 Å². The standard InChI is InChI=1S/C26H29N3O6/c1-17-24(18(2)35-28-17)16-33-23-10-4-20(5-11-23)26(31)34-19(3)25(30)27-21-6-8-22(9-7-21)29-12-14-32-15-13-29/h4-11,19H,12-16H2,1-3H3,(H,27,30)/t19-/m1/s1. The van der Waals surface area contributed by atoms with Gasteiger partial charge in [0.2, 0.25) is 0 Å². The van der Waals surface area contributed by atoms with E-state index < -0.39 is 18.0 Å². The molecule has 1 N–H and O–H groups in total. The van der Waals surface area contributed by atoms with Gasteiger partial charge in [-0.1, -0.05) is 5.16 Å². The van der Waals surface area contributed by atoms with Gasteiger partial charge < -0.3 is 29.0 Å². The van der Waals surface area contributed by atoms with Gasteiger partial charge in [0.15, 0.2) is 6.10 Å². The lowest BCUT2D eigenvalue weighted by molar-refractivity contribution is -0.123. The Balaban J connectivity index is 1.26. The fourth-order valence-corrected chi connectivity index (χ4v) is 3.65. The molecular weight excluding hydrogens is 450 g/mol. The molecule has 9 heteroatoms. The highest BCUT2D eigenvalue weighted by Gasteiger charge is 2.20. The van der Waals surface area contributed by atoms with Crippen molar-refractivity contribution in [3.63, 3.8) is 0 Å². The first kappa shape index (κ1) is 24.3. The number of hydrogen-bond acceptors (Lipinski definition) is 8. The summed E-state index contributed by atoms with van der Waals surface area (Å²) in [6.07, 6.45) is -0.961. The zero-order valence-corrected chi connectivity index (χ0v) is 20.1. The van der Waals surface area contributed by atoms with Crippen LogP contribution in [0.15, 0.2) is 53.1 Å². The normalized spacial score (nSPS) is 14.3. The Bertz CT molecular complexity index is 1130. The van der Waals surface area contributed by atoms with Crippen molar-refractivity contribution in [2.75, 3.05) is 36.5 Å². The van der Waals surface area contributed by atoms with Gasteiger partial charge in [0.25, 0.3) is 5.91 Å². The van der Waals surface area contributed by atoms with E-state index in [1.54, 1.807) is 24.3 Å². The Morgan fingerprint density at radius 3 is 2.37 bits per heavy atom. The predicted octanol–water partition coefficient (Wildman–Crippen LogP) is 3.89. The fraction of sp³-hybridized carbons (Fsp3) is 0.346. The van der Waals surface area contributed by atoms with Crippen LogP contribution in [0.1, 0.15) is 34.3 Å². The van der Waals surface area contributed by atoms with E-state index in [-0.39, 0.29) is 0 Å². The summed E-state index contributed by atoms with van der Waals surface area (Å²) in [5.41, 5.74) is 3.70. The zero-order valence-electron chi connectivity index (χ0n) is 20.1. The molecule has 0 spiro atoms. The molecule has 1 saturated heterocycles. The molecule has 1 atom stereocenters. The minimum Gasteiger partial charge on any atom is -0.489 e. The van der Waals surface area contributed by atoms with Crippen molar-refractivity contribution < 1.29 is 28.3 Å². The second-order valence-electron chi connectivity index (χ2n) is 8.30. The van der Waals surface area contributed by atoms with Crippen LogP contribution in [-0.4, -0.2) is 49.4 Å². The molecule has 0 saturated carbocycles. The number of carbonyl (C=O) groups is 2. The molecule has 1 aliphatic heterocycles. The van der Waals surface area contributed by atoms with Crippen molar-refractivity contribution in [3.05, 3.63) is 71.1 Å². The summed E-state index contributed by atoms with van der Waals surface area (Å²) in [7, 11) is 0. The van der Waals surface area contributed by atoms with Gasteiger partial charge in [-0.05, 0) is 69.3 Å². The summed E-state index contributed by atoms with van der Waals surface area (Å²) in [5.74, 6) is 0.306. The lowest BCUT2D eigenvalue weighted by atomic mass is 10.2. The van der Waals surface area contributed by atoms with Gasteiger partial charge in [-0.25, -0.2) is 4.79 Å². The molecule has 1 aliphatic rings. The lowest BCUT2D eigenvalue weighted by Crippen LogP contribution is -2.36. The van der Waals surface area contributed by atoms with Gasteiger partial charge in [-0.2, -0.15) is 0 Å². The van der Waals surface area contributed by atoms with E-state index in [0.29, 0.717) is 42.6 Å². The number of aromatic nitrogens is 1. The number of esters is 1. The van der Waals surface area contributed by atoms with Crippen LogP contribution in [0.25, 0.3) is 0 Å². The number of amides is 1. The number of morpholine rings is 1. The van der Waals surface area contributed by atoms with Crippen molar-refractivity contribution >= 4 is 23.3 Å². The van der Waals surface area contributed by atoms with Crippen molar-refractivity contribution in [2.24, 2.45) is 0 Å². The van der Waals surface area contributed by atoms with Gasteiger partial charge in [-0.3, -0.25) is 4.79 Å². The third-order valence-electron chi connectivity index (χ3n) is 5.82. The number of rotatable bonds is 8. The van der Waals surface area contributed by atoms with Crippen LogP contribution in [0.5, 0.6) is 5.75 Å². The van der Waals surface area contributed by atoms with Crippen LogP contribution < -0.4 is 15.0 Å². The zero-order chi connectivity index (χ0) is 24.8. The first-order valence-corrected chi connectivity index (χ1v) is 11.5. The molecule has 0 bridgehead atoms. The van der Waals surface area contributed by atoms with Crippen LogP contribution in [0.2, 0.25) is 0 Å². The van der Waals surface area contributed by atoms with Crippen LogP contribution in [-0.2, 0) is 20.9 Å². The minimum absolute atomic E-state index is 0.315. The molecule has 0 unspecified atom stereocenters. The first-order chi connectivity index (χ1) is 16.9. The van der Waals surface area contributed by atoms with Gasteiger partial charge in [0.05, 0.1) is 30.0 Å². The van der Waals surface area contributed by atoms with E-state index in [1.165, 1.54) is 6.92 Å². The number of hydrogen-bond donors (Lipinski definition) is 1. The molecule has 184 valence electrons. The highest BCUT2D eigenvalue weighted by Crippen LogP contribution is 2.20. The van der Waals surface area contributed by atoms with Gasteiger partial charge in [0.1, 0.15) is 18.1 Å². The molecular formula is C26H29N3O6. The maximum Gasteiger partial charge on any atom is 0.338 e. The van der Waals surface area contributed by atoms with E-state index in [9.17, 15) is 9.59 Å². The van der Waals surface area contributed by atoms with Crippen LogP contribution in [0, 0.1) is 13.8 Å². The van der Waals surface area contributed by atoms with Crippen molar-refractivity contribution in [1.82, 2.24) is 5.16 Å². The summed E-state index contributed by atoms with van der Waals surface area (Å²) < 4.78 is 21.6. The maximum atomic E-state index is 12.5. The Hall–Kier alpha value is -3.85. The first-order valence-electron chi connectivity index (χ1n) is 11.5. The number of benzene rings is 2. The highest BCUT2D eigenvalue weighted by molar-refractivity contribution is 5.97. The third kappa shape index (κ3) is 6.19. The summed E-state index contributed by atoms with van der Waals surface area (Å²) in [4.78, 5) is 27.3. The average molecular weight is 480 g/mol. The van der Waals surface area contributed by atoms with E-state index >= 15 is 0 Å². The maximum absolute atomic E-state index is 12.5. The summed E-state index contributed by atoms with van der Waals surface area (Å²) in [6.45, 7) is 8.63. The minimum atomic E-state index is -0.961. The van der Waals surface area contributed by atoms with Gasteiger partial charge in [-0.15, -0.1) is 0 Å². The van der Waals surface area contributed by atoms with Crippen LogP contribution in [0.3, 0.4) is 0 Å². The largest absolute Gasteiger partial charge is 0.489 e. The van der Waals surface area contributed by atoms with E-state index in [1.807, 2.05) is 38.1 Å². The summed E-state index contributed by atoms with van der Waals surface area (Å²) in [6, 6.07) is 14.1. The molecule has 3 aromatic rings. The Kier molecular flexibility index (Phi) is 7.67. The fourth-order valence-electron chi connectivity index (χ4n) is 3.65. The quantitative estimate of drug-likeness (QED) is 0.486. The number of nitrogens with one attached hydrogen (secondary N) is 1. The van der Waals surface area contributed by atoms with Crippen LogP contribution >= 0.6 is 0 Å². The number of ether oxygens (including phenoxy) is 3. The van der Waals surface area contributed by atoms with Gasteiger partial charge >= 0.3 is 5.97 Å². The second-order valence-corrected chi connectivity index (χ2v) is 8.30. The SMILES string of the molecule is Cc1noc(C)c1COc1ccc(C(=O)O[C@H](C)C(=O)Nc2ccc(N3CCOCC3)cc2)cc1. The molecule has 35 heavy (non-hydrogen) atoms. The smallest absolute Gasteiger partial charge is 0.338 e. The van der Waals surface area contributed by atoms with E-state index in [2.05, 4.69) is 15.4 Å². The van der Waals surface area contributed by atoms with Crippen molar-refractivity contribution in [1.29, 1.82) is 0 Å². The Morgan fingerprint density at radius 2 is 1.74 bits per heavy atom. The average Bonchev–Trinajstić information content (AvgIpc) is 3.20.